The topological polar surface area (TPSA) is 26.3 Å². The Labute approximate surface area is 117 Å². The summed E-state index contributed by atoms with van der Waals surface area (Å²) in [6.07, 6.45) is 1.50. The molecule has 2 aromatic carbocycles. The van der Waals surface area contributed by atoms with E-state index in [0.29, 0.717) is 5.56 Å². The molecule has 0 heterocycles. The summed E-state index contributed by atoms with van der Waals surface area (Å²) in [7, 11) is 0. The predicted molar refractivity (Wildman–Crippen MR) is 66.1 cm³/mol. The number of rotatable bonds is 4. The summed E-state index contributed by atoms with van der Waals surface area (Å²) in [5.74, 6) is -0.316. The van der Waals surface area contributed by atoms with Gasteiger partial charge in [0, 0.05) is 0 Å². The second kappa shape index (κ2) is 6.96. The van der Waals surface area contributed by atoms with Crippen molar-refractivity contribution in [3.63, 3.8) is 0 Å². The molecular formula is C15H12IO2+. The number of esters is 1. The fourth-order valence-corrected chi connectivity index (χ4v) is 2.85. The predicted octanol–water partition coefficient (Wildman–Crippen LogP) is 0.273. The maximum absolute atomic E-state index is 11.6. The molecule has 0 aliphatic carbocycles. The van der Waals surface area contributed by atoms with Gasteiger partial charge in [0.15, 0.2) is 7.65 Å². The normalized spacial score (nSPS) is 10.4. The molecule has 2 aromatic rings. The third-order valence-electron chi connectivity index (χ3n) is 2.16. The molecule has 0 unspecified atom stereocenters. The molecule has 3 heteroatoms. The highest BCUT2D eigenvalue weighted by Crippen LogP contribution is 2.00. The molecule has 18 heavy (non-hydrogen) atoms. The molecule has 0 aliphatic heterocycles. The van der Waals surface area contributed by atoms with Crippen LogP contribution in [0, 0.1) is 3.57 Å². The molecule has 0 atom stereocenters. The smallest absolute Gasteiger partial charge is 0.352 e. The largest absolute Gasteiger partial charge is 0.427 e. The van der Waals surface area contributed by atoms with Crippen molar-refractivity contribution >= 4 is 5.97 Å². The molecular weight excluding hydrogens is 339 g/mol. The molecule has 0 bridgehead atoms. The summed E-state index contributed by atoms with van der Waals surface area (Å²) >= 11 is -0.233. The van der Waals surface area contributed by atoms with Gasteiger partial charge in [-0.1, -0.05) is 36.4 Å². The van der Waals surface area contributed by atoms with Crippen LogP contribution in [0.3, 0.4) is 0 Å². The molecule has 0 aromatic heterocycles. The molecule has 90 valence electrons. The van der Waals surface area contributed by atoms with Crippen molar-refractivity contribution in [2.24, 2.45) is 0 Å². The fraction of sp³-hybridized carbons (Fsp3) is 0. The summed E-state index contributed by atoms with van der Waals surface area (Å²) in [5, 5.41) is 0. The van der Waals surface area contributed by atoms with Gasteiger partial charge >= 0.3 is 27.2 Å². The minimum atomic E-state index is -0.316. The zero-order valence-corrected chi connectivity index (χ0v) is 11.8. The van der Waals surface area contributed by atoms with Crippen molar-refractivity contribution < 1.29 is 30.7 Å². The van der Waals surface area contributed by atoms with Crippen LogP contribution in [0.4, 0.5) is 0 Å². The molecule has 0 fully saturated rings. The van der Waals surface area contributed by atoms with E-state index < -0.39 is 0 Å². The lowest BCUT2D eigenvalue weighted by atomic mass is 10.2. The molecule has 0 aliphatic rings. The van der Waals surface area contributed by atoms with Crippen molar-refractivity contribution in [2.75, 3.05) is 0 Å². The Morgan fingerprint density at radius 3 is 2.22 bits per heavy atom. The minimum Gasteiger partial charge on any atom is -0.427 e. The highest BCUT2D eigenvalue weighted by Gasteiger charge is 2.07. The van der Waals surface area contributed by atoms with Crippen LogP contribution in [-0.4, -0.2) is 5.97 Å². The van der Waals surface area contributed by atoms with E-state index in [9.17, 15) is 4.79 Å². The Kier molecular flexibility index (Phi) is 4.96. The van der Waals surface area contributed by atoms with Crippen LogP contribution in [0.1, 0.15) is 10.4 Å². The number of benzene rings is 2. The van der Waals surface area contributed by atoms with Crippen molar-refractivity contribution in [1.29, 1.82) is 0 Å². The van der Waals surface area contributed by atoms with Gasteiger partial charge in [0.2, 0.25) is 0 Å². The van der Waals surface area contributed by atoms with Gasteiger partial charge in [-0.2, -0.15) is 0 Å². The Morgan fingerprint density at radius 1 is 0.944 bits per heavy atom. The standard InChI is InChI=1S/C15H12IO2/c17-15(13-7-3-1-4-8-13)18-12-11-16-14-9-5-2-6-10-14/h1-12H/q+1/b12-11-. The molecule has 0 saturated carbocycles. The lowest BCUT2D eigenvalue weighted by Crippen LogP contribution is -3.59. The molecule has 2 rings (SSSR count). The van der Waals surface area contributed by atoms with E-state index in [4.69, 9.17) is 4.74 Å². The van der Waals surface area contributed by atoms with Crippen LogP contribution < -0.4 is 21.2 Å². The Morgan fingerprint density at radius 2 is 1.56 bits per heavy atom. The van der Waals surface area contributed by atoms with E-state index in [0.717, 1.165) is 0 Å². The third kappa shape index (κ3) is 4.00. The van der Waals surface area contributed by atoms with E-state index in [-0.39, 0.29) is 27.2 Å². The van der Waals surface area contributed by atoms with E-state index in [1.165, 1.54) is 9.83 Å². The third-order valence-corrected chi connectivity index (χ3v) is 4.25. The number of carbonyl (C=O) groups is 1. The van der Waals surface area contributed by atoms with Gasteiger partial charge in [-0.3, -0.25) is 0 Å². The first-order valence-corrected chi connectivity index (χ1v) is 7.78. The molecule has 0 saturated heterocycles. The van der Waals surface area contributed by atoms with Gasteiger partial charge in [-0.25, -0.2) is 4.79 Å². The Bertz CT molecular complexity index is 521. The molecule has 0 N–H and O–H groups in total. The number of halogens is 1. The zero-order valence-electron chi connectivity index (χ0n) is 9.62. The zero-order chi connectivity index (χ0) is 12.6. The summed E-state index contributed by atoms with van der Waals surface area (Å²) in [6, 6.07) is 19.2. The highest BCUT2D eigenvalue weighted by molar-refractivity contribution is 5.89. The lowest BCUT2D eigenvalue weighted by molar-refractivity contribution is -0.557. The highest BCUT2D eigenvalue weighted by atomic mass is 127. The van der Waals surface area contributed by atoms with E-state index >= 15 is 0 Å². The quantitative estimate of drug-likeness (QED) is 0.449. The van der Waals surface area contributed by atoms with Crippen LogP contribution in [0.15, 0.2) is 71.0 Å². The molecule has 0 spiro atoms. The lowest BCUT2D eigenvalue weighted by Gasteiger charge is -1.96. The van der Waals surface area contributed by atoms with Crippen molar-refractivity contribution in [1.82, 2.24) is 0 Å². The Hall–Kier alpha value is -1.62. The second-order valence-corrected chi connectivity index (χ2v) is 6.03. The second-order valence-electron chi connectivity index (χ2n) is 3.44. The van der Waals surface area contributed by atoms with E-state index in [2.05, 4.69) is 12.1 Å². The van der Waals surface area contributed by atoms with Crippen LogP contribution >= 0.6 is 0 Å². The van der Waals surface area contributed by atoms with Gasteiger partial charge in [0.1, 0.15) is 6.26 Å². The first-order chi connectivity index (χ1) is 8.86. The van der Waals surface area contributed by atoms with Crippen LogP contribution in [0.5, 0.6) is 0 Å². The summed E-state index contributed by atoms with van der Waals surface area (Å²) in [6.45, 7) is 0. The Balaban J connectivity index is 1.83. The van der Waals surface area contributed by atoms with Crippen LogP contribution in [0.25, 0.3) is 0 Å². The monoisotopic (exact) mass is 351 g/mol. The van der Waals surface area contributed by atoms with Crippen molar-refractivity contribution in [2.45, 2.75) is 0 Å². The maximum Gasteiger partial charge on any atom is 0.352 e. The summed E-state index contributed by atoms with van der Waals surface area (Å²) < 4.78 is 8.29. The van der Waals surface area contributed by atoms with Crippen molar-refractivity contribution in [3.05, 3.63) is 80.1 Å². The first kappa shape index (κ1) is 12.8. The number of ether oxygens (including phenoxy) is 1. The number of hydrogen-bond donors (Lipinski definition) is 0. The van der Waals surface area contributed by atoms with Gasteiger partial charge in [-0.15, -0.1) is 0 Å². The van der Waals surface area contributed by atoms with E-state index in [1.54, 1.807) is 12.1 Å². The molecule has 2 nitrogen and oxygen atoms in total. The van der Waals surface area contributed by atoms with Gasteiger partial charge in [0.05, 0.1) is 5.56 Å². The average Bonchev–Trinajstić information content (AvgIpc) is 2.45. The average molecular weight is 351 g/mol. The van der Waals surface area contributed by atoms with Gasteiger partial charge in [0.25, 0.3) is 0 Å². The summed E-state index contributed by atoms with van der Waals surface area (Å²) in [5.41, 5.74) is 0.570. The first-order valence-electron chi connectivity index (χ1n) is 5.46. The minimum absolute atomic E-state index is 0.233. The number of hydrogen-bond acceptors (Lipinski definition) is 2. The van der Waals surface area contributed by atoms with Gasteiger partial charge in [-0.05, 0) is 24.3 Å². The van der Waals surface area contributed by atoms with Gasteiger partial charge < -0.3 is 4.74 Å². The van der Waals surface area contributed by atoms with Crippen LogP contribution in [-0.2, 0) is 4.74 Å². The van der Waals surface area contributed by atoms with Crippen molar-refractivity contribution in [3.8, 4) is 0 Å². The molecule has 0 radical (unpaired) electrons. The molecule has 0 amide bonds. The summed E-state index contributed by atoms with van der Waals surface area (Å²) in [4.78, 5) is 11.6. The number of carbonyl (C=O) groups excluding carboxylic acids is 1. The fourth-order valence-electron chi connectivity index (χ4n) is 1.32. The maximum atomic E-state index is 11.6. The van der Waals surface area contributed by atoms with Crippen LogP contribution in [0.2, 0.25) is 0 Å². The SMILES string of the molecule is O=C(O/C=C\[I+]c1ccccc1)c1ccccc1. The van der Waals surface area contributed by atoms with E-state index in [1.807, 2.05) is 40.5 Å².